The Morgan fingerprint density at radius 2 is 2.00 bits per heavy atom. The van der Waals surface area contributed by atoms with Crippen LogP contribution >= 0.6 is 0 Å². The molecule has 0 spiro atoms. The molecule has 7 N–H and O–H groups in total. The summed E-state index contributed by atoms with van der Waals surface area (Å²) in [6, 6.07) is 4.31. The lowest BCUT2D eigenvalue weighted by Crippen LogP contribution is -2.26. The summed E-state index contributed by atoms with van der Waals surface area (Å²) in [7, 11) is 1.43. The van der Waals surface area contributed by atoms with Crippen molar-refractivity contribution in [3.63, 3.8) is 0 Å². The van der Waals surface area contributed by atoms with Crippen LogP contribution in [0.1, 0.15) is 10.4 Å². The van der Waals surface area contributed by atoms with Gasteiger partial charge in [-0.2, -0.15) is 4.99 Å². The molecule has 0 aliphatic heterocycles. The van der Waals surface area contributed by atoms with Gasteiger partial charge in [0.25, 0.3) is 0 Å². The lowest BCUT2D eigenvalue weighted by molar-refractivity contribution is 0.0697. The van der Waals surface area contributed by atoms with Gasteiger partial charge in [-0.3, -0.25) is 0 Å². The maximum absolute atomic E-state index is 11.0. The fourth-order valence-electron chi connectivity index (χ4n) is 1.19. The number of hydrogen-bond acceptors (Lipinski definition) is 3. The van der Waals surface area contributed by atoms with Crippen molar-refractivity contribution in [3.05, 3.63) is 23.8 Å². The predicted octanol–water partition coefficient (Wildman–Crippen LogP) is -0.387. The normalized spacial score (nSPS) is 10.8. The first-order chi connectivity index (χ1) is 8.43. The Bertz CT molecular complexity index is 520. The Balaban J connectivity index is 3.24. The Morgan fingerprint density at radius 1 is 1.33 bits per heavy atom. The van der Waals surface area contributed by atoms with Crippen LogP contribution in [0.15, 0.2) is 28.2 Å². The number of benzene rings is 1. The molecule has 0 atom stereocenters. The number of hydrogen-bond donors (Lipinski definition) is 4. The van der Waals surface area contributed by atoms with Crippen LogP contribution in [0.3, 0.4) is 0 Å². The van der Waals surface area contributed by atoms with E-state index >= 15 is 0 Å². The van der Waals surface area contributed by atoms with Crippen molar-refractivity contribution < 1.29 is 14.6 Å². The van der Waals surface area contributed by atoms with Gasteiger partial charge < -0.3 is 27.0 Å². The van der Waals surface area contributed by atoms with Gasteiger partial charge in [-0.25, -0.2) is 9.79 Å². The highest BCUT2D eigenvalue weighted by Gasteiger charge is 2.11. The summed E-state index contributed by atoms with van der Waals surface area (Å²) < 4.78 is 4.92. The van der Waals surface area contributed by atoms with E-state index in [1.54, 1.807) is 6.07 Å². The number of guanidine groups is 2. The number of carboxylic acid groups (broad SMARTS) is 1. The number of rotatable bonds is 3. The first-order valence-electron chi connectivity index (χ1n) is 4.79. The lowest BCUT2D eigenvalue weighted by Gasteiger charge is -2.04. The molecule has 0 aliphatic rings. The third kappa shape index (κ3) is 3.37. The van der Waals surface area contributed by atoms with Gasteiger partial charge in [-0.15, -0.1) is 0 Å². The maximum atomic E-state index is 11.0. The van der Waals surface area contributed by atoms with Crippen molar-refractivity contribution in [1.29, 1.82) is 0 Å². The molecule has 0 aliphatic carbocycles. The van der Waals surface area contributed by atoms with Crippen LogP contribution in [-0.4, -0.2) is 30.1 Å². The van der Waals surface area contributed by atoms with Crippen molar-refractivity contribution in [1.82, 2.24) is 0 Å². The van der Waals surface area contributed by atoms with E-state index in [2.05, 4.69) is 9.98 Å². The van der Waals surface area contributed by atoms with Crippen LogP contribution in [-0.2, 0) is 0 Å². The van der Waals surface area contributed by atoms with Crippen LogP contribution in [0.25, 0.3) is 0 Å². The van der Waals surface area contributed by atoms with Gasteiger partial charge >= 0.3 is 5.97 Å². The van der Waals surface area contributed by atoms with E-state index < -0.39 is 5.97 Å². The van der Waals surface area contributed by atoms with E-state index in [1.165, 1.54) is 19.2 Å². The molecule has 0 heterocycles. The summed E-state index contributed by atoms with van der Waals surface area (Å²) in [5, 5.41) is 9.03. The smallest absolute Gasteiger partial charge is 0.338 e. The summed E-state index contributed by atoms with van der Waals surface area (Å²) in [5.41, 5.74) is 15.7. The number of carboxylic acids is 1. The second-order valence-corrected chi connectivity index (χ2v) is 3.19. The fourth-order valence-corrected chi connectivity index (χ4v) is 1.19. The molecule has 96 valence electrons. The van der Waals surface area contributed by atoms with Crippen molar-refractivity contribution in [2.75, 3.05) is 7.11 Å². The third-order valence-electron chi connectivity index (χ3n) is 1.91. The monoisotopic (exact) mass is 251 g/mol. The molecule has 18 heavy (non-hydrogen) atoms. The van der Waals surface area contributed by atoms with Gasteiger partial charge in [-0.05, 0) is 18.2 Å². The second-order valence-electron chi connectivity index (χ2n) is 3.19. The van der Waals surface area contributed by atoms with Crippen molar-refractivity contribution in [3.8, 4) is 5.75 Å². The van der Waals surface area contributed by atoms with Crippen LogP contribution < -0.4 is 21.9 Å². The molecule has 0 aromatic heterocycles. The molecule has 0 saturated heterocycles. The maximum Gasteiger partial charge on any atom is 0.338 e. The fraction of sp³-hybridized carbons (Fsp3) is 0.100. The minimum absolute atomic E-state index is 0.0666. The highest BCUT2D eigenvalue weighted by Crippen LogP contribution is 2.24. The predicted molar refractivity (Wildman–Crippen MR) is 67.0 cm³/mol. The number of carbonyl (C=O) groups is 1. The zero-order chi connectivity index (χ0) is 13.7. The van der Waals surface area contributed by atoms with Crippen molar-refractivity contribution in [2.45, 2.75) is 0 Å². The molecule has 0 fully saturated rings. The molecule has 1 rings (SSSR count). The molecule has 0 amide bonds. The van der Waals surface area contributed by atoms with E-state index in [0.29, 0.717) is 5.75 Å². The van der Waals surface area contributed by atoms with Crippen LogP contribution in [0.2, 0.25) is 0 Å². The SMILES string of the molecule is COc1ccc(N=C(N)N=C(N)N)c(C(=O)O)c1. The Hall–Kier alpha value is -2.77. The topological polar surface area (TPSA) is 149 Å². The number of nitrogens with two attached hydrogens (primary N) is 3. The van der Waals surface area contributed by atoms with E-state index in [0.717, 1.165) is 0 Å². The van der Waals surface area contributed by atoms with Crippen LogP contribution in [0.4, 0.5) is 5.69 Å². The van der Waals surface area contributed by atoms with Gasteiger partial charge in [0.2, 0.25) is 5.96 Å². The van der Waals surface area contributed by atoms with E-state index in [4.69, 9.17) is 27.0 Å². The Morgan fingerprint density at radius 3 is 2.50 bits per heavy atom. The molecule has 0 saturated carbocycles. The molecule has 1 aromatic carbocycles. The number of nitrogens with zero attached hydrogens (tertiary/aromatic N) is 2. The summed E-state index contributed by atoms with van der Waals surface area (Å²) in [4.78, 5) is 18.3. The summed E-state index contributed by atoms with van der Waals surface area (Å²) in [5.74, 6) is -1.26. The van der Waals surface area contributed by atoms with E-state index in [9.17, 15) is 4.79 Å². The van der Waals surface area contributed by atoms with Crippen molar-refractivity contribution >= 4 is 23.6 Å². The van der Waals surface area contributed by atoms with Crippen molar-refractivity contribution in [2.24, 2.45) is 27.2 Å². The quantitative estimate of drug-likeness (QED) is 0.424. The number of ether oxygens (including phenoxy) is 1. The third-order valence-corrected chi connectivity index (χ3v) is 1.91. The van der Waals surface area contributed by atoms with Crippen LogP contribution in [0.5, 0.6) is 5.75 Å². The van der Waals surface area contributed by atoms with Gasteiger partial charge in [0.05, 0.1) is 18.4 Å². The van der Waals surface area contributed by atoms with Gasteiger partial charge in [0.15, 0.2) is 5.96 Å². The molecule has 0 radical (unpaired) electrons. The van der Waals surface area contributed by atoms with Gasteiger partial charge in [0.1, 0.15) is 5.75 Å². The Labute approximate surface area is 103 Å². The summed E-state index contributed by atoms with van der Waals surface area (Å²) >= 11 is 0. The average Bonchev–Trinajstić information content (AvgIpc) is 2.28. The molecular weight excluding hydrogens is 238 g/mol. The zero-order valence-electron chi connectivity index (χ0n) is 9.62. The zero-order valence-corrected chi connectivity index (χ0v) is 9.62. The number of methoxy groups -OCH3 is 1. The highest BCUT2D eigenvalue weighted by atomic mass is 16.5. The minimum atomic E-state index is -1.16. The highest BCUT2D eigenvalue weighted by molar-refractivity contribution is 5.98. The van der Waals surface area contributed by atoms with Gasteiger partial charge in [-0.1, -0.05) is 0 Å². The molecule has 0 bridgehead atoms. The lowest BCUT2D eigenvalue weighted by atomic mass is 10.1. The van der Waals surface area contributed by atoms with E-state index in [-0.39, 0.29) is 23.2 Å². The average molecular weight is 251 g/mol. The summed E-state index contributed by atoms with van der Waals surface area (Å²) in [6.45, 7) is 0. The second kappa shape index (κ2) is 5.53. The first kappa shape index (κ1) is 13.3. The molecule has 8 heteroatoms. The molecule has 1 aromatic rings. The molecule has 8 nitrogen and oxygen atoms in total. The van der Waals surface area contributed by atoms with Gasteiger partial charge in [0, 0.05) is 0 Å². The number of aliphatic imine (C=N–C) groups is 2. The molecular formula is C10H13N5O3. The number of aromatic carboxylic acids is 1. The Kier molecular flexibility index (Phi) is 4.08. The molecule has 0 unspecified atom stereocenters. The standard InChI is InChI=1S/C10H13N5O3/c1-18-5-2-3-7(6(4-5)8(16)17)14-10(13)15-9(11)12/h2-4H,1H3,(H,16,17)(H6,11,12,13,14,15). The van der Waals surface area contributed by atoms with Crippen LogP contribution in [0, 0.1) is 0 Å². The van der Waals surface area contributed by atoms with E-state index in [1.807, 2.05) is 0 Å². The summed E-state index contributed by atoms with van der Waals surface area (Å²) in [6.07, 6.45) is 0. The largest absolute Gasteiger partial charge is 0.497 e. The minimum Gasteiger partial charge on any atom is -0.497 e. The first-order valence-corrected chi connectivity index (χ1v) is 4.79.